The molecule has 0 bridgehead atoms. The van der Waals surface area contributed by atoms with Crippen LogP contribution < -0.4 is 0 Å². The van der Waals surface area contributed by atoms with Crippen LogP contribution in [0.15, 0.2) is 6.92 Å². The number of allylic oxidation sites excluding steroid dienone is 1. The van der Waals surface area contributed by atoms with Crippen molar-refractivity contribution >= 4 is 44.3 Å². The molecule has 0 amide bonds. The molecule has 0 aromatic carbocycles. The molecular weight excluding hydrogens is 727 g/mol. The third-order valence-corrected chi connectivity index (χ3v) is 49.3. The Labute approximate surface area is 250 Å². The van der Waals surface area contributed by atoms with Gasteiger partial charge in [-0.3, -0.25) is 0 Å². The Morgan fingerprint density at radius 3 is 1.08 bits per heavy atom. The van der Waals surface area contributed by atoms with Crippen molar-refractivity contribution in [2.45, 2.75) is 165 Å². The van der Waals surface area contributed by atoms with Crippen LogP contribution in [0.25, 0.3) is 0 Å². The van der Waals surface area contributed by atoms with Crippen molar-refractivity contribution in [2.75, 3.05) is 13.2 Å². The summed E-state index contributed by atoms with van der Waals surface area (Å²) in [5.74, 6) is 0. The fourth-order valence-electron chi connectivity index (χ4n) is 6.42. The summed E-state index contributed by atoms with van der Waals surface area (Å²) in [5, 5.41) is 0. The Morgan fingerprint density at radius 2 is 0.846 bits per heavy atom. The standard InChI is InChI=1S/C7H11F2O3P.6C4H9.2Sn/c1-3-11-13(10,12-4-2)6-5-7(8)9;6*1-3-4-2;;/h7H,3-4H2,1-2H3;6*1,3-4H2,2H3;;. The molecule has 234 valence electrons. The molecule has 0 fully saturated rings. The van der Waals surface area contributed by atoms with Crippen LogP contribution >= 0.6 is 7.60 Å². The molecule has 0 aliphatic heterocycles. The van der Waals surface area contributed by atoms with Crippen LogP contribution in [0.3, 0.4) is 0 Å². The first-order valence-electron chi connectivity index (χ1n) is 16.6. The van der Waals surface area contributed by atoms with Gasteiger partial charge in [0, 0.05) is 0 Å². The van der Waals surface area contributed by atoms with Gasteiger partial charge in [0.2, 0.25) is 0 Å². The minimum absolute atomic E-state index is 0.232. The van der Waals surface area contributed by atoms with Gasteiger partial charge in [-0.2, -0.15) is 0 Å². The zero-order valence-corrected chi connectivity index (χ0v) is 33.8. The van der Waals surface area contributed by atoms with Crippen LogP contribution in [0.1, 0.15) is 132 Å². The number of rotatable bonds is 26. The van der Waals surface area contributed by atoms with Crippen LogP contribution in [0.2, 0.25) is 26.6 Å². The van der Waals surface area contributed by atoms with Gasteiger partial charge in [-0.15, -0.1) is 0 Å². The summed E-state index contributed by atoms with van der Waals surface area (Å²) >= 11 is -7.36. The number of hydrogen-bond acceptors (Lipinski definition) is 3. The zero-order chi connectivity index (χ0) is 29.8. The fourth-order valence-corrected chi connectivity index (χ4v) is 60.6. The van der Waals surface area contributed by atoms with E-state index in [1.807, 2.05) is 13.8 Å². The summed E-state index contributed by atoms with van der Waals surface area (Å²) in [4.78, 5) is 0. The second-order valence-corrected chi connectivity index (χ2v) is 40.9. The van der Waals surface area contributed by atoms with E-state index < -0.39 is 50.8 Å². The second kappa shape index (κ2) is 22.8. The maximum atomic E-state index is 16.0. The summed E-state index contributed by atoms with van der Waals surface area (Å²) in [5.41, 5.74) is 0. The second-order valence-electron chi connectivity index (χ2n) is 11.6. The van der Waals surface area contributed by atoms with Gasteiger partial charge >= 0.3 is 252 Å². The van der Waals surface area contributed by atoms with Gasteiger partial charge in [-0.25, -0.2) is 0 Å². The van der Waals surface area contributed by atoms with Crippen molar-refractivity contribution in [1.29, 1.82) is 0 Å². The molecule has 0 spiro atoms. The van der Waals surface area contributed by atoms with Gasteiger partial charge in [0.1, 0.15) is 0 Å². The third-order valence-electron chi connectivity index (χ3n) is 8.47. The SMILES string of the molecule is CCC[CH2][Sn]([CH2]CCC)([CH2]CCC)/[C](=[C](\P(=O)(OCC)OCC)[Sn]([CH2]CCC)([CH2]CCC)[CH2]CCC)C(F)F. The Bertz CT molecular complexity index is 650. The molecule has 0 rings (SSSR count). The average Bonchev–Trinajstić information content (AvgIpc) is 2.92. The molecule has 0 heterocycles. The van der Waals surface area contributed by atoms with Gasteiger partial charge < -0.3 is 0 Å². The van der Waals surface area contributed by atoms with Crippen molar-refractivity contribution in [3.63, 3.8) is 0 Å². The molecule has 0 aromatic rings. The molecule has 0 saturated heterocycles. The van der Waals surface area contributed by atoms with E-state index in [4.69, 9.17) is 9.05 Å². The van der Waals surface area contributed by atoms with Gasteiger partial charge in [-0.05, 0) is 0 Å². The van der Waals surface area contributed by atoms with Crippen molar-refractivity contribution in [3.8, 4) is 0 Å². The molecule has 0 unspecified atom stereocenters. The van der Waals surface area contributed by atoms with E-state index >= 15 is 13.3 Å². The maximum absolute atomic E-state index is 16.0. The van der Waals surface area contributed by atoms with Crippen LogP contribution in [0, 0.1) is 0 Å². The van der Waals surface area contributed by atoms with E-state index in [0.717, 1.165) is 104 Å². The predicted molar refractivity (Wildman–Crippen MR) is 174 cm³/mol. The van der Waals surface area contributed by atoms with Crippen LogP contribution in [-0.2, 0) is 13.6 Å². The third kappa shape index (κ3) is 12.9. The van der Waals surface area contributed by atoms with E-state index in [-0.39, 0.29) is 13.2 Å². The number of halogens is 2. The van der Waals surface area contributed by atoms with E-state index in [9.17, 15) is 0 Å². The zero-order valence-electron chi connectivity index (χ0n) is 27.1. The quantitative estimate of drug-likeness (QED) is 0.0647. The molecule has 0 N–H and O–H groups in total. The van der Waals surface area contributed by atoms with E-state index in [1.165, 1.54) is 0 Å². The molecule has 0 atom stereocenters. The molecule has 0 aromatic heterocycles. The number of alkyl halides is 2. The summed E-state index contributed by atoms with van der Waals surface area (Å²) in [6, 6.07) is 0. The van der Waals surface area contributed by atoms with Gasteiger partial charge in [0.25, 0.3) is 0 Å². The average molecular weight is 792 g/mol. The molecule has 8 heteroatoms. The number of hydrogen-bond donors (Lipinski definition) is 0. The molecule has 0 aliphatic rings. The topological polar surface area (TPSA) is 35.5 Å². The van der Waals surface area contributed by atoms with Gasteiger partial charge in [0.15, 0.2) is 0 Å². The summed E-state index contributed by atoms with van der Waals surface area (Å²) in [7, 11) is -3.83. The minimum atomic E-state index is -3.83. The molecule has 0 saturated carbocycles. The first-order chi connectivity index (χ1) is 18.7. The monoisotopic (exact) mass is 794 g/mol. The number of unbranched alkanes of at least 4 members (excludes halogenated alkanes) is 6. The summed E-state index contributed by atoms with van der Waals surface area (Å²) in [6.45, 7) is 17.3. The first-order valence-corrected chi connectivity index (χ1v) is 33.1. The first kappa shape index (κ1) is 40.3. The van der Waals surface area contributed by atoms with Gasteiger partial charge in [-0.1, -0.05) is 0 Å². The summed E-state index contributed by atoms with van der Waals surface area (Å²) in [6.07, 6.45) is 9.74. The predicted octanol–water partition coefficient (Wildman–Crippen LogP) is 12.5. The Balaban J connectivity index is 8.13. The van der Waals surface area contributed by atoms with Crippen molar-refractivity contribution in [2.24, 2.45) is 0 Å². The van der Waals surface area contributed by atoms with E-state index in [1.54, 1.807) is 0 Å². The van der Waals surface area contributed by atoms with Crippen molar-refractivity contribution in [3.05, 3.63) is 6.92 Å². The molecule has 39 heavy (non-hydrogen) atoms. The Kier molecular flexibility index (Phi) is 23.6. The molecule has 3 nitrogen and oxygen atoms in total. The van der Waals surface area contributed by atoms with Crippen molar-refractivity contribution < 1.29 is 22.4 Å². The fraction of sp³-hybridized carbons (Fsp3) is 0.935. The van der Waals surface area contributed by atoms with E-state index in [2.05, 4.69) is 41.5 Å². The Hall–Kier alpha value is 1.35. The Morgan fingerprint density at radius 1 is 0.564 bits per heavy atom. The van der Waals surface area contributed by atoms with Gasteiger partial charge in [0.05, 0.1) is 0 Å². The molecular formula is C31H65F2O3PSn2. The summed E-state index contributed by atoms with van der Waals surface area (Å²) < 4.78 is 66.5. The molecule has 0 radical (unpaired) electrons. The van der Waals surface area contributed by atoms with Crippen molar-refractivity contribution in [1.82, 2.24) is 0 Å². The van der Waals surface area contributed by atoms with Crippen LogP contribution in [-0.4, -0.2) is 56.4 Å². The van der Waals surface area contributed by atoms with Crippen LogP contribution in [0.4, 0.5) is 8.78 Å². The van der Waals surface area contributed by atoms with Crippen LogP contribution in [0.5, 0.6) is 0 Å². The van der Waals surface area contributed by atoms with E-state index in [0.29, 0.717) is 6.92 Å². The normalized spacial score (nSPS) is 13.8. The molecule has 0 aliphatic carbocycles.